The van der Waals surface area contributed by atoms with Gasteiger partial charge in [0, 0.05) is 30.6 Å². The monoisotopic (exact) mass is 508 g/mol. The van der Waals surface area contributed by atoms with Gasteiger partial charge in [-0.3, -0.25) is 4.79 Å². The van der Waals surface area contributed by atoms with Crippen LogP contribution in [0.1, 0.15) is 79.6 Å². The number of rotatable bonds is 3. The predicted octanol–water partition coefficient (Wildman–Crippen LogP) is 2.50. The van der Waals surface area contributed by atoms with E-state index in [0.717, 1.165) is 19.3 Å². The molecule has 0 spiro atoms. The molecule has 5 rings (SSSR count). The van der Waals surface area contributed by atoms with E-state index in [2.05, 4.69) is 34.6 Å². The lowest BCUT2D eigenvalue weighted by atomic mass is 9.42. The summed E-state index contributed by atoms with van der Waals surface area (Å²) < 4.78 is 6.06. The lowest BCUT2D eigenvalue weighted by molar-refractivity contribution is -0.251. The lowest BCUT2D eigenvalue weighted by Crippen LogP contribution is -2.68. The van der Waals surface area contributed by atoms with Gasteiger partial charge in [-0.15, -0.1) is 0 Å². The van der Waals surface area contributed by atoms with E-state index in [0.29, 0.717) is 37.5 Å². The Morgan fingerprint density at radius 3 is 2.22 bits per heavy atom. The van der Waals surface area contributed by atoms with Crippen molar-refractivity contribution in [2.75, 3.05) is 0 Å². The molecule has 15 atom stereocenters. The van der Waals surface area contributed by atoms with Gasteiger partial charge in [-0.05, 0) is 72.5 Å². The first-order valence-electron chi connectivity index (χ1n) is 14.4. The van der Waals surface area contributed by atoms with Crippen LogP contribution in [0, 0.1) is 58.2 Å². The van der Waals surface area contributed by atoms with Crippen molar-refractivity contribution in [3.8, 4) is 0 Å². The average Bonchev–Trinajstić information content (AvgIpc) is 3.09. The molecule has 206 valence electrons. The Bertz CT molecular complexity index is 847. The molecule has 0 radical (unpaired) electrons. The highest BCUT2D eigenvalue weighted by Crippen LogP contribution is 2.67. The number of hydrogen-bond acceptors (Lipinski definition) is 7. The fraction of sp³-hybridized carbons (Fsp3) is 0.966. The third-order valence-electron chi connectivity index (χ3n) is 12.2. The van der Waals surface area contributed by atoms with Crippen LogP contribution in [0.3, 0.4) is 0 Å². The first-order chi connectivity index (χ1) is 16.8. The largest absolute Gasteiger partial charge is 0.390 e. The van der Waals surface area contributed by atoms with E-state index in [1.807, 2.05) is 0 Å². The van der Waals surface area contributed by atoms with Crippen molar-refractivity contribution in [3.63, 3.8) is 0 Å². The molecular formula is C29H48O7. The number of Topliss-reactive ketones (excluding diaryl/α,β-unsaturated/α-hetero) is 1. The number of fused-ring (bicyclic) bond motifs is 5. The minimum atomic E-state index is -1.17. The van der Waals surface area contributed by atoms with E-state index in [1.165, 1.54) is 0 Å². The second-order valence-corrected chi connectivity index (χ2v) is 14.1. The van der Waals surface area contributed by atoms with E-state index in [9.17, 15) is 30.3 Å². The molecule has 0 bridgehead atoms. The van der Waals surface area contributed by atoms with Gasteiger partial charge in [-0.1, -0.05) is 34.6 Å². The van der Waals surface area contributed by atoms with Gasteiger partial charge in [0.2, 0.25) is 0 Å². The summed E-state index contributed by atoms with van der Waals surface area (Å²) in [5.74, 6) is -0.0824. The maximum atomic E-state index is 13.8. The summed E-state index contributed by atoms with van der Waals surface area (Å²) in [6.07, 6.45) is -0.315. The van der Waals surface area contributed by atoms with Gasteiger partial charge in [-0.2, -0.15) is 0 Å². The van der Waals surface area contributed by atoms with Gasteiger partial charge in [0.25, 0.3) is 0 Å². The summed E-state index contributed by atoms with van der Waals surface area (Å²) in [5, 5.41) is 54.3. The number of hydrogen-bond donors (Lipinski definition) is 5. The lowest BCUT2D eigenvalue weighted by Gasteiger charge is -2.64. The molecule has 5 fully saturated rings. The molecule has 7 unspecified atom stereocenters. The standard InChI is InChI=1S/C29H48O7/c1-13(2)15-10-20(36-21(32)11-15)14(3)17-12-19(31)23-22-16(6-8-29(17,23)5)28(4)9-7-18(30)25(33)24(28)27(35)26(22)34/h13-18,20-27,30,32-35H,6-12H2,1-5H3/t14-,15-,16-,17+,18?,20?,21?,22+,23-,24?,25?,26?,27?,28+,29+/m0/s1. The maximum absolute atomic E-state index is 13.8. The van der Waals surface area contributed by atoms with Crippen LogP contribution in [-0.4, -0.2) is 68.1 Å². The normalized spacial score (nSPS) is 56.1. The minimum Gasteiger partial charge on any atom is -0.390 e. The second-order valence-electron chi connectivity index (χ2n) is 14.1. The van der Waals surface area contributed by atoms with E-state index in [-0.39, 0.29) is 46.9 Å². The molecule has 1 saturated heterocycles. The first-order valence-corrected chi connectivity index (χ1v) is 14.4. The Labute approximate surface area is 215 Å². The molecule has 0 aromatic heterocycles. The number of ether oxygens (including phenoxy) is 1. The number of aliphatic hydroxyl groups excluding tert-OH is 5. The molecule has 7 heteroatoms. The summed E-state index contributed by atoms with van der Waals surface area (Å²) in [5.41, 5.74) is -0.748. The van der Waals surface area contributed by atoms with Crippen LogP contribution in [0.4, 0.5) is 0 Å². The van der Waals surface area contributed by atoms with Crippen LogP contribution >= 0.6 is 0 Å². The zero-order valence-corrected chi connectivity index (χ0v) is 22.6. The molecule has 1 aliphatic heterocycles. The highest BCUT2D eigenvalue weighted by molar-refractivity contribution is 5.85. The molecule has 36 heavy (non-hydrogen) atoms. The zero-order chi connectivity index (χ0) is 26.3. The van der Waals surface area contributed by atoms with E-state index >= 15 is 0 Å². The number of carbonyl (C=O) groups is 1. The Morgan fingerprint density at radius 1 is 0.889 bits per heavy atom. The molecule has 5 N–H and O–H groups in total. The van der Waals surface area contributed by atoms with Gasteiger partial charge in [0.15, 0.2) is 6.29 Å². The molecule has 1 heterocycles. The number of aliphatic hydroxyl groups is 5. The minimum absolute atomic E-state index is 0.0113. The van der Waals surface area contributed by atoms with E-state index < -0.39 is 42.0 Å². The molecule has 0 aromatic carbocycles. The SMILES string of the molecule is CC(C)[C@@H]1CC(O)OC([C@@H](C)[C@H]2CC(=O)[C@H]3[C@@H]4C(O)C(O)C5C(O)C(O)CC[C@]5(C)[C@H]4CC[C@]23C)C1. The molecule has 4 aliphatic carbocycles. The van der Waals surface area contributed by atoms with Gasteiger partial charge in [0.05, 0.1) is 30.5 Å². The van der Waals surface area contributed by atoms with Gasteiger partial charge in [-0.25, -0.2) is 0 Å². The van der Waals surface area contributed by atoms with Crippen molar-refractivity contribution < 1.29 is 35.1 Å². The van der Waals surface area contributed by atoms with E-state index in [1.54, 1.807) is 0 Å². The average molecular weight is 509 g/mol. The van der Waals surface area contributed by atoms with Crippen LogP contribution in [0.2, 0.25) is 0 Å². The van der Waals surface area contributed by atoms with Crippen molar-refractivity contribution in [1.82, 2.24) is 0 Å². The summed E-state index contributed by atoms with van der Waals surface area (Å²) in [6.45, 7) is 10.8. The van der Waals surface area contributed by atoms with E-state index in [4.69, 9.17) is 4.74 Å². The Kier molecular flexibility index (Phi) is 6.96. The fourth-order valence-electron chi connectivity index (χ4n) is 10.1. The topological polar surface area (TPSA) is 127 Å². The fourth-order valence-corrected chi connectivity index (χ4v) is 10.1. The highest BCUT2D eigenvalue weighted by Gasteiger charge is 2.69. The van der Waals surface area contributed by atoms with Crippen molar-refractivity contribution in [1.29, 1.82) is 0 Å². The third-order valence-corrected chi connectivity index (χ3v) is 12.2. The third kappa shape index (κ3) is 3.86. The first kappa shape index (κ1) is 27.0. The summed E-state index contributed by atoms with van der Waals surface area (Å²) in [4.78, 5) is 13.8. The summed E-state index contributed by atoms with van der Waals surface area (Å²) in [6, 6.07) is 0. The maximum Gasteiger partial charge on any atom is 0.155 e. The molecule has 5 aliphatic rings. The summed E-state index contributed by atoms with van der Waals surface area (Å²) >= 11 is 0. The van der Waals surface area contributed by atoms with Crippen LogP contribution in [0.15, 0.2) is 0 Å². The van der Waals surface area contributed by atoms with Gasteiger partial charge in [0.1, 0.15) is 5.78 Å². The van der Waals surface area contributed by atoms with Crippen LogP contribution < -0.4 is 0 Å². The van der Waals surface area contributed by atoms with Crippen molar-refractivity contribution >= 4 is 5.78 Å². The van der Waals surface area contributed by atoms with Gasteiger partial charge < -0.3 is 30.3 Å². The van der Waals surface area contributed by atoms with Gasteiger partial charge >= 0.3 is 0 Å². The van der Waals surface area contributed by atoms with Crippen LogP contribution in [0.25, 0.3) is 0 Å². The molecule has 0 amide bonds. The summed E-state index contributed by atoms with van der Waals surface area (Å²) in [7, 11) is 0. The smallest absolute Gasteiger partial charge is 0.155 e. The second kappa shape index (κ2) is 9.27. The van der Waals surface area contributed by atoms with Crippen molar-refractivity contribution in [2.24, 2.45) is 58.2 Å². The molecular weight excluding hydrogens is 460 g/mol. The quantitative estimate of drug-likeness (QED) is 0.396. The number of ketones is 1. The Morgan fingerprint density at radius 2 is 1.56 bits per heavy atom. The molecule has 0 aromatic rings. The molecule has 7 nitrogen and oxygen atoms in total. The Balaban J connectivity index is 1.44. The van der Waals surface area contributed by atoms with Crippen molar-refractivity contribution in [2.45, 2.75) is 116 Å². The molecule has 4 saturated carbocycles. The van der Waals surface area contributed by atoms with Crippen LogP contribution in [0.5, 0.6) is 0 Å². The number of carbonyl (C=O) groups excluding carboxylic acids is 1. The zero-order valence-electron chi connectivity index (χ0n) is 22.6. The Hall–Kier alpha value is -0.570. The highest BCUT2D eigenvalue weighted by atomic mass is 16.6. The predicted molar refractivity (Wildman–Crippen MR) is 133 cm³/mol. The van der Waals surface area contributed by atoms with Crippen molar-refractivity contribution in [3.05, 3.63) is 0 Å². The van der Waals surface area contributed by atoms with Crippen LogP contribution in [-0.2, 0) is 9.53 Å².